The second-order valence-electron chi connectivity index (χ2n) is 5.68. The van der Waals surface area contributed by atoms with Crippen LogP contribution >= 0.6 is 17.7 Å². The van der Waals surface area contributed by atoms with Gasteiger partial charge in [-0.05, 0) is 0 Å². The van der Waals surface area contributed by atoms with Crippen LogP contribution in [0, 0.1) is 0 Å². The van der Waals surface area contributed by atoms with Gasteiger partial charge in [-0.15, -0.1) is 0 Å². The van der Waals surface area contributed by atoms with Crippen molar-refractivity contribution in [3.8, 4) is 0 Å². The van der Waals surface area contributed by atoms with E-state index >= 15 is 0 Å². The van der Waals surface area contributed by atoms with Crippen LogP contribution in [0.25, 0.3) is 0 Å². The smallest absolute Gasteiger partial charge is 0.144 e. The Balaban J connectivity index is 0. The molecular formula is C11H27INOPS. The number of rotatable bonds is 6. The number of hydrogen-bond donors (Lipinski definition) is 0. The van der Waals surface area contributed by atoms with E-state index in [-0.39, 0.29) is 24.0 Å². The first-order valence-corrected chi connectivity index (χ1v) is 9.07. The first kappa shape index (κ1) is 19.6. The summed E-state index contributed by atoms with van der Waals surface area (Å²) in [5.41, 5.74) is 0.602. The molecule has 5 heteroatoms. The molecule has 0 aromatic carbocycles. The Morgan fingerprint density at radius 3 is 1.69 bits per heavy atom. The van der Waals surface area contributed by atoms with Crippen molar-refractivity contribution in [2.24, 2.45) is 0 Å². The van der Waals surface area contributed by atoms with E-state index in [1.165, 1.54) is 0 Å². The lowest BCUT2D eigenvalue weighted by atomic mass is 10.5. The molecule has 0 N–H and O–H groups in total. The summed E-state index contributed by atoms with van der Waals surface area (Å²) in [6, 6.07) is 0. The fraction of sp³-hybridized carbons (Fsp3) is 1.00. The first-order valence-electron chi connectivity index (χ1n) is 5.64. The molecule has 0 aromatic heterocycles. The molecule has 0 aliphatic carbocycles. The molecule has 0 heterocycles. The van der Waals surface area contributed by atoms with E-state index in [0.717, 1.165) is 16.8 Å². The van der Waals surface area contributed by atoms with E-state index in [1.807, 2.05) is 0 Å². The van der Waals surface area contributed by atoms with E-state index in [0.29, 0.717) is 11.3 Å². The van der Waals surface area contributed by atoms with Crippen LogP contribution in [0.4, 0.5) is 0 Å². The molecular weight excluding hydrogens is 352 g/mol. The SMILES string of the molecule is CC(C)P(=O)(SCC[N+](C)(C)C)C(C)C.[I-]. The monoisotopic (exact) mass is 379 g/mol. The molecule has 0 saturated heterocycles. The molecule has 16 heavy (non-hydrogen) atoms. The van der Waals surface area contributed by atoms with Crippen LogP contribution in [0.2, 0.25) is 0 Å². The molecule has 0 unspecified atom stereocenters. The van der Waals surface area contributed by atoms with Gasteiger partial charge in [-0.3, -0.25) is 0 Å². The van der Waals surface area contributed by atoms with Crippen LogP contribution < -0.4 is 24.0 Å². The molecule has 0 aliphatic rings. The van der Waals surface area contributed by atoms with E-state index in [9.17, 15) is 4.57 Å². The van der Waals surface area contributed by atoms with Gasteiger partial charge in [-0.25, -0.2) is 0 Å². The third-order valence-electron chi connectivity index (χ3n) is 2.49. The highest BCUT2D eigenvalue weighted by Gasteiger charge is 2.31. The van der Waals surface area contributed by atoms with E-state index in [4.69, 9.17) is 0 Å². The molecule has 0 fully saturated rings. The molecule has 0 spiro atoms. The van der Waals surface area contributed by atoms with Crippen LogP contribution in [-0.2, 0) is 4.57 Å². The molecule has 2 nitrogen and oxygen atoms in total. The Labute approximate surface area is 123 Å². The summed E-state index contributed by atoms with van der Waals surface area (Å²) in [6.45, 7) is 9.41. The predicted molar refractivity (Wildman–Crippen MR) is 73.2 cm³/mol. The molecule has 0 bridgehead atoms. The van der Waals surface area contributed by atoms with Crippen molar-refractivity contribution in [3.63, 3.8) is 0 Å². The lowest BCUT2D eigenvalue weighted by molar-refractivity contribution is -0.867. The summed E-state index contributed by atoms with van der Waals surface area (Å²) >= 11 is 1.71. The summed E-state index contributed by atoms with van der Waals surface area (Å²) < 4.78 is 13.6. The molecule has 0 aliphatic heterocycles. The van der Waals surface area contributed by atoms with Crippen molar-refractivity contribution in [2.45, 2.75) is 39.0 Å². The van der Waals surface area contributed by atoms with Crippen molar-refractivity contribution in [1.29, 1.82) is 0 Å². The third-order valence-corrected chi connectivity index (χ3v) is 10.4. The van der Waals surface area contributed by atoms with Crippen molar-refractivity contribution < 1.29 is 33.0 Å². The van der Waals surface area contributed by atoms with Gasteiger partial charge in [0.25, 0.3) is 0 Å². The minimum Gasteiger partial charge on any atom is -1.00 e. The zero-order valence-corrected chi connectivity index (χ0v) is 15.5. The molecule has 0 saturated carbocycles. The maximum Gasteiger partial charge on any atom is 0.144 e. The predicted octanol–water partition coefficient (Wildman–Crippen LogP) is 0.525. The summed E-state index contributed by atoms with van der Waals surface area (Å²) in [5, 5.41) is 0. The molecule has 0 rings (SSSR count). The third kappa shape index (κ3) is 6.87. The van der Waals surface area contributed by atoms with Gasteiger partial charge in [0.1, 0.15) is 6.34 Å². The van der Waals surface area contributed by atoms with Crippen LogP contribution in [0.15, 0.2) is 0 Å². The topological polar surface area (TPSA) is 17.1 Å². The van der Waals surface area contributed by atoms with E-state index < -0.39 is 6.34 Å². The lowest BCUT2D eigenvalue weighted by Crippen LogP contribution is -3.00. The fourth-order valence-electron chi connectivity index (χ4n) is 1.35. The summed E-state index contributed by atoms with van der Waals surface area (Å²) in [5.74, 6) is 0.997. The van der Waals surface area contributed by atoms with Gasteiger partial charge in [-0.1, -0.05) is 39.1 Å². The molecule has 0 radical (unpaired) electrons. The highest BCUT2D eigenvalue weighted by Crippen LogP contribution is 2.65. The summed E-state index contributed by atoms with van der Waals surface area (Å²) in [7, 11) is 6.53. The summed E-state index contributed by atoms with van der Waals surface area (Å²) in [4.78, 5) is 0. The number of nitrogens with zero attached hydrogens (tertiary/aromatic N) is 1. The molecule has 100 valence electrons. The minimum atomic E-state index is -2.04. The second-order valence-corrected chi connectivity index (χ2v) is 12.2. The first-order chi connectivity index (χ1) is 6.59. The largest absolute Gasteiger partial charge is 1.00 e. The van der Waals surface area contributed by atoms with Gasteiger partial charge in [-0.2, -0.15) is 0 Å². The van der Waals surface area contributed by atoms with Crippen LogP contribution in [-0.4, -0.2) is 49.2 Å². The van der Waals surface area contributed by atoms with Crippen LogP contribution in [0.5, 0.6) is 0 Å². The van der Waals surface area contributed by atoms with Gasteiger partial charge < -0.3 is 33.0 Å². The highest BCUT2D eigenvalue weighted by molar-refractivity contribution is 8.58. The zero-order valence-electron chi connectivity index (χ0n) is 11.7. The van der Waals surface area contributed by atoms with Gasteiger partial charge in [0.2, 0.25) is 0 Å². The maximum atomic E-state index is 12.7. The number of hydrogen-bond acceptors (Lipinski definition) is 2. The Bertz CT molecular complexity index is 227. The Hall–Kier alpha value is 1.27. The molecule has 0 aromatic rings. The minimum absolute atomic E-state index is 0. The summed E-state index contributed by atoms with van der Waals surface area (Å²) in [6.07, 6.45) is -2.04. The zero-order chi connectivity index (χ0) is 12.3. The van der Waals surface area contributed by atoms with Crippen molar-refractivity contribution in [1.82, 2.24) is 0 Å². The standard InChI is InChI=1S/C11H27NOPS.HI/c1-10(2)14(13,11(3)4)15-9-8-12(5,6)7;/h10-11H,8-9H2,1-7H3;1H/q+1;/p-1. The quantitative estimate of drug-likeness (QED) is 0.381. The van der Waals surface area contributed by atoms with Gasteiger partial charge in [0.15, 0.2) is 0 Å². The Morgan fingerprint density at radius 2 is 1.44 bits per heavy atom. The highest BCUT2D eigenvalue weighted by atomic mass is 127. The van der Waals surface area contributed by atoms with Crippen molar-refractivity contribution >= 4 is 17.7 Å². The van der Waals surface area contributed by atoms with Crippen molar-refractivity contribution in [3.05, 3.63) is 0 Å². The Kier molecular flexibility index (Phi) is 9.37. The van der Waals surface area contributed by atoms with Crippen molar-refractivity contribution in [2.75, 3.05) is 33.4 Å². The van der Waals surface area contributed by atoms with Gasteiger partial charge in [0, 0.05) is 17.1 Å². The average molecular weight is 379 g/mol. The Morgan fingerprint density at radius 1 is 1.06 bits per heavy atom. The second kappa shape index (κ2) is 7.65. The molecule has 0 amide bonds. The van der Waals surface area contributed by atoms with Crippen LogP contribution in [0.3, 0.4) is 0 Å². The fourth-order valence-corrected chi connectivity index (χ4v) is 6.95. The van der Waals surface area contributed by atoms with Gasteiger partial charge in [0.05, 0.1) is 27.7 Å². The maximum absolute atomic E-state index is 12.7. The number of halogens is 1. The van der Waals surface area contributed by atoms with Gasteiger partial charge >= 0.3 is 0 Å². The normalized spacial score (nSPS) is 13.1. The number of quaternary nitrogens is 1. The molecule has 0 atom stereocenters. The van der Waals surface area contributed by atoms with E-state index in [2.05, 4.69) is 48.8 Å². The average Bonchev–Trinajstić information content (AvgIpc) is 2.00. The van der Waals surface area contributed by atoms with E-state index in [1.54, 1.807) is 11.4 Å². The van der Waals surface area contributed by atoms with Crippen LogP contribution in [0.1, 0.15) is 27.7 Å². The lowest BCUT2D eigenvalue weighted by Gasteiger charge is -2.28.